The summed E-state index contributed by atoms with van der Waals surface area (Å²) >= 11 is 0. The maximum atomic E-state index is 11.7. The number of aliphatic hydroxyl groups is 1. The summed E-state index contributed by atoms with van der Waals surface area (Å²) in [5.74, 6) is 0.862. The molecule has 92 valence electrons. The first-order valence-electron chi connectivity index (χ1n) is 6.31. The highest BCUT2D eigenvalue weighted by molar-refractivity contribution is 5.80. The van der Waals surface area contributed by atoms with Crippen LogP contribution in [0.5, 0.6) is 0 Å². The van der Waals surface area contributed by atoms with E-state index in [1.54, 1.807) is 0 Å². The van der Waals surface area contributed by atoms with Crippen LogP contribution >= 0.6 is 0 Å². The predicted octanol–water partition coefficient (Wildman–Crippen LogP) is 0.690. The first kappa shape index (κ1) is 11.9. The van der Waals surface area contributed by atoms with Gasteiger partial charge >= 0.3 is 0 Å². The van der Waals surface area contributed by atoms with Gasteiger partial charge in [-0.2, -0.15) is 0 Å². The highest BCUT2D eigenvalue weighted by Gasteiger charge is 2.28. The Morgan fingerprint density at radius 3 is 2.75 bits per heavy atom. The lowest BCUT2D eigenvalue weighted by atomic mass is 9.97. The van der Waals surface area contributed by atoms with Gasteiger partial charge in [-0.25, -0.2) is 0 Å². The number of amides is 1. The van der Waals surface area contributed by atoms with Crippen LogP contribution in [0, 0.1) is 11.8 Å². The molecule has 2 N–H and O–H groups in total. The zero-order chi connectivity index (χ0) is 11.4. The highest BCUT2D eigenvalue weighted by atomic mass is 16.5. The van der Waals surface area contributed by atoms with E-state index in [-0.39, 0.29) is 18.6 Å². The average Bonchev–Trinajstić information content (AvgIpc) is 2.96. The zero-order valence-corrected chi connectivity index (χ0v) is 9.65. The molecule has 4 nitrogen and oxygen atoms in total. The molecule has 2 aliphatic rings. The minimum atomic E-state index is -0.228. The van der Waals surface area contributed by atoms with E-state index in [4.69, 9.17) is 4.74 Å². The Morgan fingerprint density at radius 1 is 1.25 bits per heavy atom. The Kier molecular flexibility index (Phi) is 4.18. The van der Waals surface area contributed by atoms with E-state index in [9.17, 15) is 9.90 Å². The van der Waals surface area contributed by atoms with Crippen molar-refractivity contribution in [3.8, 4) is 0 Å². The molecule has 2 unspecified atom stereocenters. The third kappa shape index (κ3) is 2.74. The molecule has 0 aromatic heterocycles. The Labute approximate surface area is 96.4 Å². The lowest BCUT2D eigenvalue weighted by molar-refractivity contribution is -0.130. The van der Waals surface area contributed by atoms with Crippen LogP contribution < -0.4 is 5.32 Å². The van der Waals surface area contributed by atoms with E-state index < -0.39 is 0 Å². The van der Waals surface area contributed by atoms with Crippen molar-refractivity contribution in [2.45, 2.75) is 38.2 Å². The molecule has 0 bridgehead atoms. The van der Waals surface area contributed by atoms with Crippen molar-refractivity contribution in [2.75, 3.05) is 19.8 Å². The monoisotopic (exact) mass is 227 g/mol. The first-order chi connectivity index (χ1) is 7.81. The number of carbonyl (C=O) groups is 1. The van der Waals surface area contributed by atoms with Crippen molar-refractivity contribution in [1.29, 1.82) is 0 Å². The summed E-state index contributed by atoms with van der Waals surface area (Å²) in [4.78, 5) is 11.7. The van der Waals surface area contributed by atoms with Gasteiger partial charge in [-0.15, -0.1) is 0 Å². The summed E-state index contributed by atoms with van der Waals surface area (Å²) in [6, 6.07) is 0. The minimum Gasteiger partial charge on any atom is -0.396 e. The van der Waals surface area contributed by atoms with E-state index in [1.807, 2.05) is 0 Å². The van der Waals surface area contributed by atoms with Gasteiger partial charge in [0.1, 0.15) is 6.10 Å². The fourth-order valence-corrected chi connectivity index (χ4v) is 2.75. The van der Waals surface area contributed by atoms with E-state index in [1.165, 1.54) is 6.42 Å². The third-order valence-electron chi connectivity index (χ3n) is 3.81. The number of aliphatic hydroxyl groups excluding tert-OH is 1. The highest BCUT2D eigenvalue weighted by Crippen LogP contribution is 2.30. The largest absolute Gasteiger partial charge is 0.396 e. The zero-order valence-electron chi connectivity index (χ0n) is 9.65. The van der Waals surface area contributed by atoms with Crippen LogP contribution in [-0.2, 0) is 9.53 Å². The summed E-state index contributed by atoms with van der Waals surface area (Å²) in [5, 5.41) is 12.1. The quantitative estimate of drug-likeness (QED) is 0.743. The summed E-state index contributed by atoms with van der Waals surface area (Å²) in [5.41, 5.74) is 0. The topological polar surface area (TPSA) is 58.6 Å². The Hall–Kier alpha value is -0.610. The van der Waals surface area contributed by atoms with Gasteiger partial charge in [0.2, 0.25) is 5.91 Å². The number of rotatable bonds is 4. The fourth-order valence-electron chi connectivity index (χ4n) is 2.75. The second-order valence-electron chi connectivity index (χ2n) is 4.88. The van der Waals surface area contributed by atoms with Crippen molar-refractivity contribution in [3.63, 3.8) is 0 Å². The number of ether oxygens (including phenoxy) is 1. The molecule has 1 amide bonds. The van der Waals surface area contributed by atoms with E-state index in [2.05, 4.69) is 5.32 Å². The molecule has 1 aliphatic carbocycles. The van der Waals surface area contributed by atoms with Crippen LogP contribution in [0.15, 0.2) is 0 Å². The Morgan fingerprint density at radius 2 is 2.06 bits per heavy atom. The average molecular weight is 227 g/mol. The maximum absolute atomic E-state index is 11.7. The number of hydrogen-bond donors (Lipinski definition) is 2. The smallest absolute Gasteiger partial charge is 0.249 e. The molecule has 3 atom stereocenters. The molecule has 1 saturated carbocycles. The van der Waals surface area contributed by atoms with Crippen LogP contribution in [-0.4, -0.2) is 36.9 Å². The van der Waals surface area contributed by atoms with Gasteiger partial charge < -0.3 is 15.2 Å². The SMILES string of the molecule is O=C(NCC1CCCC1CO)[C@@H]1CCCO1. The van der Waals surface area contributed by atoms with Crippen molar-refractivity contribution in [2.24, 2.45) is 11.8 Å². The molecule has 1 heterocycles. The summed E-state index contributed by atoms with van der Waals surface area (Å²) < 4.78 is 5.32. The van der Waals surface area contributed by atoms with Gasteiger partial charge in [0, 0.05) is 19.8 Å². The number of carbonyl (C=O) groups excluding carboxylic acids is 1. The molecule has 1 saturated heterocycles. The molecular weight excluding hydrogens is 206 g/mol. The van der Waals surface area contributed by atoms with E-state index in [0.29, 0.717) is 25.0 Å². The molecule has 4 heteroatoms. The normalized spacial score (nSPS) is 34.2. The van der Waals surface area contributed by atoms with Crippen molar-refractivity contribution in [1.82, 2.24) is 5.32 Å². The predicted molar refractivity (Wildman–Crippen MR) is 59.9 cm³/mol. The molecule has 16 heavy (non-hydrogen) atoms. The lowest BCUT2D eigenvalue weighted by Gasteiger charge is -2.19. The molecule has 2 rings (SSSR count). The minimum absolute atomic E-state index is 0.0288. The van der Waals surface area contributed by atoms with Gasteiger partial charge in [0.15, 0.2) is 0 Å². The fraction of sp³-hybridized carbons (Fsp3) is 0.917. The molecule has 0 aromatic rings. The Bertz CT molecular complexity index is 238. The van der Waals surface area contributed by atoms with Crippen LogP contribution in [0.1, 0.15) is 32.1 Å². The van der Waals surface area contributed by atoms with Crippen LogP contribution in [0.4, 0.5) is 0 Å². The van der Waals surface area contributed by atoms with E-state index >= 15 is 0 Å². The van der Waals surface area contributed by atoms with Crippen LogP contribution in [0.2, 0.25) is 0 Å². The van der Waals surface area contributed by atoms with Gasteiger partial charge in [0.25, 0.3) is 0 Å². The Balaban J connectivity index is 1.71. The standard InChI is InChI=1S/C12H21NO3/c14-8-10-4-1-3-9(10)7-13-12(15)11-5-2-6-16-11/h9-11,14H,1-8H2,(H,13,15)/t9?,10?,11-/m0/s1. The maximum Gasteiger partial charge on any atom is 0.249 e. The molecule has 0 spiro atoms. The van der Waals surface area contributed by atoms with E-state index in [0.717, 1.165) is 25.7 Å². The summed E-state index contributed by atoms with van der Waals surface area (Å²) in [6.07, 6.45) is 4.99. The van der Waals surface area contributed by atoms with Crippen molar-refractivity contribution >= 4 is 5.91 Å². The van der Waals surface area contributed by atoms with Gasteiger partial charge in [-0.1, -0.05) is 6.42 Å². The number of hydrogen-bond acceptors (Lipinski definition) is 3. The molecule has 0 aromatic carbocycles. The summed E-state index contributed by atoms with van der Waals surface area (Å²) in [6.45, 7) is 1.66. The molecular formula is C12H21NO3. The van der Waals surface area contributed by atoms with Crippen LogP contribution in [0.3, 0.4) is 0 Å². The molecule has 0 radical (unpaired) electrons. The van der Waals surface area contributed by atoms with Crippen molar-refractivity contribution < 1.29 is 14.6 Å². The second-order valence-corrected chi connectivity index (χ2v) is 4.88. The molecule has 1 aliphatic heterocycles. The van der Waals surface area contributed by atoms with Gasteiger partial charge in [0.05, 0.1) is 0 Å². The lowest BCUT2D eigenvalue weighted by Crippen LogP contribution is -2.38. The van der Waals surface area contributed by atoms with Crippen molar-refractivity contribution in [3.05, 3.63) is 0 Å². The first-order valence-corrected chi connectivity index (χ1v) is 6.31. The van der Waals surface area contributed by atoms with Crippen LogP contribution in [0.25, 0.3) is 0 Å². The third-order valence-corrected chi connectivity index (χ3v) is 3.81. The number of nitrogens with one attached hydrogen (secondary N) is 1. The van der Waals surface area contributed by atoms with Gasteiger partial charge in [-0.3, -0.25) is 4.79 Å². The molecule has 2 fully saturated rings. The summed E-state index contributed by atoms with van der Waals surface area (Å²) in [7, 11) is 0. The second kappa shape index (κ2) is 5.64. The van der Waals surface area contributed by atoms with Gasteiger partial charge in [-0.05, 0) is 37.5 Å².